The first kappa shape index (κ1) is 13.8. The number of aryl methyl sites for hydroxylation is 1. The van der Waals surface area contributed by atoms with Crippen molar-refractivity contribution in [2.24, 2.45) is 7.05 Å². The van der Waals surface area contributed by atoms with Gasteiger partial charge in [0.1, 0.15) is 0 Å². The van der Waals surface area contributed by atoms with Crippen molar-refractivity contribution in [3.05, 3.63) is 40.1 Å². The predicted molar refractivity (Wildman–Crippen MR) is 64.7 cm³/mol. The number of hydrogen-bond donors (Lipinski definition) is 1. The zero-order valence-corrected chi connectivity index (χ0v) is 10.2. The predicted octanol–water partition coefficient (Wildman–Crippen LogP) is 2.60. The number of rotatable bonds is 2. The van der Waals surface area contributed by atoms with Crippen LogP contribution >= 0.6 is 0 Å². The average Bonchev–Trinajstić information content (AvgIpc) is 2.67. The highest BCUT2D eigenvalue weighted by Gasteiger charge is 2.33. The lowest BCUT2D eigenvalue weighted by Crippen LogP contribution is -2.07. The normalized spacial score (nSPS) is 11.6. The molecule has 1 heterocycles. The molecule has 0 saturated heterocycles. The summed E-state index contributed by atoms with van der Waals surface area (Å²) in [5, 5.41) is 14.6. The van der Waals surface area contributed by atoms with Crippen LogP contribution in [0.2, 0.25) is 0 Å². The molecule has 0 radical (unpaired) electrons. The standard InChI is InChI=1S/C11H9F3N4O2/c1-17-10(9(15)5-16-17)6-2-7(11(12,13)14)4-8(3-6)18(19)20/h2-5H,15H2,1H3. The largest absolute Gasteiger partial charge is 0.416 e. The van der Waals surface area contributed by atoms with Crippen molar-refractivity contribution in [2.45, 2.75) is 6.18 Å². The van der Waals surface area contributed by atoms with Crippen LogP contribution in [0.4, 0.5) is 24.5 Å². The first-order valence-corrected chi connectivity index (χ1v) is 5.34. The monoisotopic (exact) mass is 286 g/mol. The maximum absolute atomic E-state index is 12.8. The minimum atomic E-state index is -4.69. The van der Waals surface area contributed by atoms with Crippen molar-refractivity contribution in [1.29, 1.82) is 0 Å². The molecule has 1 aromatic carbocycles. The van der Waals surface area contributed by atoms with Gasteiger partial charge in [-0.25, -0.2) is 0 Å². The van der Waals surface area contributed by atoms with Gasteiger partial charge >= 0.3 is 6.18 Å². The third-order valence-corrected chi connectivity index (χ3v) is 2.70. The molecule has 0 bridgehead atoms. The molecule has 20 heavy (non-hydrogen) atoms. The molecule has 2 aromatic rings. The summed E-state index contributed by atoms with van der Waals surface area (Å²) >= 11 is 0. The summed E-state index contributed by atoms with van der Waals surface area (Å²) in [4.78, 5) is 9.87. The molecule has 2 N–H and O–H groups in total. The molecule has 6 nitrogen and oxygen atoms in total. The molecule has 0 aliphatic rings. The maximum atomic E-state index is 12.8. The summed E-state index contributed by atoms with van der Waals surface area (Å²) in [6.07, 6.45) is -3.42. The Hall–Kier alpha value is -2.58. The van der Waals surface area contributed by atoms with E-state index in [1.165, 1.54) is 17.9 Å². The van der Waals surface area contributed by atoms with Crippen LogP contribution in [0, 0.1) is 10.1 Å². The van der Waals surface area contributed by atoms with Crippen LogP contribution in [0.25, 0.3) is 11.3 Å². The van der Waals surface area contributed by atoms with Crippen molar-refractivity contribution in [3.8, 4) is 11.3 Å². The van der Waals surface area contributed by atoms with Crippen LogP contribution in [0.5, 0.6) is 0 Å². The van der Waals surface area contributed by atoms with Gasteiger partial charge < -0.3 is 5.73 Å². The second-order valence-electron chi connectivity index (χ2n) is 4.10. The van der Waals surface area contributed by atoms with Gasteiger partial charge in [-0.15, -0.1) is 0 Å². The van der Waals surface area contributed by atoms with E-state index in [4.69, 9.17) is 5.73 Å². The highest BCUT2D eigenvalue weighted by atomic mass is 19.4. The number of nitrogens with two attached hydrogens (primary N) is 1. The van der Waals surface area contributed by atoms with Crippen LogP contribution < -0.4 is 5.73 Å². The van der Waals surface area contributed by atoms with Gasteiger partial charge in [0.2, 0.25) is 0 Å². The number of nitro benzene ring substituents is 1. The average molecular weight is 286 g/mol. The van der Waals surface area contributed by atoms with Crippen LogP contribution in [0.1, 0.15) is 5.56 Å². The smallest absolute Gasteiger partial charge is 0.396 e. The van der Waals surface area contributed by atoms with E-state index in [1.807, 2.05) is 0 Å². The summed E-state index contributed by atoms with van der Waals surface area (Å²) in [7, 11) is 1.48. The first-order valence-electron chi connectivity index (χ1n) is 5.34. The maximum Gasteiger partial charge on any atom is 0.416 e. The first-order chi connectivity index (χ1) is 9.20. The third kappa shape index (κ3) is 2.42. The van der Waals surface area contributed by atoms with Crippen molar-refractivity contribution in [1.82, 2.24) is 9.78 Å². The zero-order valence-electron chi connectivity index (χ0n) is 10.2. The SMILES string of the molecule is Cn1ncc(N)c1-c1cc([N+](=O)[O-])cc(C(F)(F)F)c1. The van der Waals surface area contributed by atoms with E-state index in [0.717, 1.165) is 12.1 Å². The van der Waals surface area contributed by atoms with E-state index in [2.05, 4.69) is 5.10 Å². The van der Waals surface area contributed by atoms with E-state index in [9.17, 15) is 23.3 Å². The van der Waals surface area contributed by atoms with Crippen molar-refractivity contribution in [2.75, 3.05) is 5.73 Å². The fraction of sp³-hybridized carbons (Fsp3) is 0.182. The van der Waals surface area contributed by atoms with Gasteiger partial charge in [-0.1, -0.05) is 0 Å². The van der Waals surface area contributed by atoms with Crippen LogP contribution in [0.15, 0.2) is 24.4 Å². The van der Waals surface area contributed by atoms with Gasteiger partial charge in [-0.3, -0.25) is 14.8 Å². The van der Waals surface area contributed by atoms with Crippen molar-refractivity contribution >= 4 is 11.4 Å². The van der Waals surface area contributed by atoms with E-state index >= 15 is 0 Å². The Kier molecular flexibility index (Phi) is 3.12. The second-order valence-corrected chi connectivity index (χ2v) is 4.10. The number of aromatic nitrogens is 2. The highest BCUT2D eigenvalue weighted by Crippen LogP contribution is 2.36. The van der Waals surface area contributed by atoms with E-state index in [-0.39, 0.29) is 16.9 Å². The summed E-state index contributed by atoms with van der Waals surface area (Å²) in [5.74, 6) is 0. The van der Waals surface area contributed by atoms with Crippen LogP contribution in [-0.2, 0) is 13.2 Å². The van der Waals surface area contributed by atoms with Gasteiger partial charge in [0.25, 0.3) is 5.69 Å². The number of nitro groups is 1. The Balaban J connectivity index is 2.71. The van der Waals surface area contributed by atoms with Crippen molar-refractivity contribution < 1.29 is 18.1 Å². The fourth-order valence-corrected chi connectivity index (χ4v) is 1.82. The minimum Gasteiger partial charge on any atom is -0.396 e. The van der Waals surface area contributed by atoms with E-state index in [1.54, 1.807) is 0 Å². The number of non-ortho nitro benzene ring substituents is 1. The molecule has 0 atom stereocenters. The van der Waals surface area contributed by atoms with Crippen LogP contribution in [0.3, 0.4) is 0 Å². The van der Waals surface area contributed by atoms with Gasteiger partial charge in [0.15, 0.2) is 0 Å². The molecule has 1 aromatic heterocycles. The lowest BCUT2D eigenvalue weighted by Gasteiger charge is -2.10. The summed E-state index contributed by atoms with van der Waals surface area (Å²) < 4.78 is 39.6. The number of anilines is 1. The topological polar surface area (TPSA) is 87.0 Å². The molecule has 0 spiro atoms. The molecule has 0 unspecified atom stereocenters. The number of hydrogen-bond acceptors (Lipinski definition) is 4. The lowest BCUT2D eigenvalue weighted by atomic mass is 10.1. The summed E-state index contributed by atoms with van der Waals surface area (Å²) in [6, 6.07) is 2.32. The second kappa shape index (κ2) is 4.51. The van der Waals surface area contributed by atoms with E-state index in [0.29, 0.717) is 6.07 Å². The molecule has 0 amide bonds. The minimum absolute atomic E-state index is 0.0102. The van der Waals surface area contributed by atoms with Crippen molar-refractivity contribution in [3.63, 3.8) is 0 Å². The molecule has 2 rings (SSSR count). The van der Waals surface area contributed by atoms with Gasteiger partial charge in [0.05, 0.1) is 28.1 Å². The van der Waals surface area contributed by atoms with E-state index < -0.39 is 22.4 Å². The molecular formula is C11H9F3N4O2. The number of benzene rings is 1. The number of halogens is 3. The Morgan fingerprint density at radius 2 is 2.00 bits per heavy atom. The van der Waals surface area contributed by atoms with Gasteiger partial charge in [-0.05, 0) is 6.07 Å². The number of alkyl halides is 3. The fourth-order valence-electron chi connectivity index (χ4n) is 1.82. The van der Waals surface area contributed by atoms with Gasteiger partial charge in [-0.2, -0.15) is 18.3 Å². The molecular weight excluding hydrogens is 277 g/mol. The Morgan fingerprint density at radius 1 is 1.35 bits per heavy atom. The number of nitrogens with zero attached hydrogens (tertiary/aromatic N) is 3. The zero-order chi connectivity index (χ0) is 15.1. The van der Waals surface area contributed by atoms with Crippen LogP contribution in [-0.4, -0.2) is 14.7 Å². The molecule has 0 fully saturated rings. The quantitative estimate of drug-likeness (QED) is 0.679. The number of nitrogen functional groups attached to an aromatic ring is 1. The van der Waals surface area contributed by atoms with Gasteiger partial charge in [0, 0.05) is 24.7 Å². The Bertz CT molecular complexity index is 659. The lowest BCUT2D eigenvalue weighted by molar-refractivity contribution is -0.385. The Morgan fingerprint density at radius 3 is 2.45 bits per heavy atom. The molecule has 9 heteroatoms. The summed E-state index contributed by atoms with van der Waals surface area (Å²) in [5.41, 5.74) is 4.18. The Labute approximate surface area is 110 Å². The molecule has 106 valence electrons. The molecule has 0 aliphatic carbocycles. The molecule has 0 saturated carbocycles. The molecule has 0 aliphatic heterocycles. The summed E-state index contributed by atoms with van der Waals surface area (Å²) in [6.45, 7) is 0. The third-order valence-electron chi connectivity index (χ3n) is 2.70. The highest BCUT2D eigenvalue weighted by molar-refractivity contribution is 5.74.